The van der Waals surface area contributed by atoms with E-state index in [9.17, 15) is 67.4 Å². The molecule has 27 nitrogen and oxygen atoms in total. The molecule has 0 radical (unpaired) electrons. The van der Waals surface area contributed by atoms with Crippen LogP contribution in [0.2, 0.25) is 0 Å². The van der Waals surface area contributed by atoms with Crippen molar-refractivity contribution in [2.24, 2.45) is 17.6 Å². The maximum atomic E-state index is 14.8. The predicted octanol–water partition coefficient (Wildman–Crippen LogP) is -2.88. The Morgan fingerprint density at radius 3 is 1.62 bits per heavy atom. The van der Waals surface area contributed by atoms with Crippen LogP contribution in [0.3, 0.4) is 0 Å². The van der Waals surface area contributed by atoms with Gasteiger partial charge in [-0.2, -0.15) is 0 Å². The van der Waals surface area contributed by atoms with Gasteiger partial charge in [-0.1, -0.05) is 119 Å². The van der Waals surface area contributed by atoms with E-state index >= 15 is 0 Å². The SMILES string of the molecule is CC(C)C[C@@H]1NC(=O)CNC(=O)[C@H](Cc2ccccc2)N(C)C(=O)[C@H](C)NC(=O)[C@H](Cc2ccccc2)NC(=O)C[C@H](C(=O)N(C)[C@@H](C)C(=O)N[C@@H](CO)C(=O)NCC(N)=O)NC(=O)[C@H](Cc2ccccc2)NC(=O)[C@H](C(C)C)NC(=O)[C@H](C)NC1=O. The van der Waals surface area contributed by atoms with Gasteiger partial charge >= 0.3 is 0 Å². The lowest BCUT2D eigenvalue weighted by Gasteiger charge is -2.31. The highest BCUT2D eigenvalue weighted by molar-refractivity contribution is 6.00. The Morgan fingerprint density at radius 1 is 0.609 bits per heavy atom. The van der Waals surface area contributed by atoms with Crippen molar-refractivity contribution in [3.8, 4) is 0 Å². The van der Waals surface area contributed by atoms with Crippen LogP contribution in [0.25, 0.3) is 0 Å². The van der Waals surface area contributed by atoms with E-state index in [0.717, 1.165) is 16.8 Å². The molecule has 1 aliphatic rings. The van der Waals surface area contributed by atoms with E-state index in [1.807, 2.05) is 0 Å². The Kier molecular flexibility index (Phi) is 27.5. The average Bonchev–Trinajstić information content (AvgIpc) is 3.66. The quantitative estimate of drug-likeness (QED) is 0.0647. The summed E-state index contributed by atoms with van der Waals surface area (Å²) < 4.78 is 0. The van der Waals surface area contributed by atoms with Crippen molar-refractivity contribution >= 4 is 76.8 Å². The second-order valence-corrected chi connectivity index (χ2v) is 22.2. The van der Waals surface area contributed by atoms with Crippen LogP contribution in [0.1, 0.15) is 78.0 Å². The molecule has 0 bridgehead atoms. The fourth-order valence-corrected chi connectivity index (χ4v) is 9.19. The Balaban J connectivity index is 1.85. The summed E-state index contributed by atoms with van der Waals surface area (Å²) in [7, 11) is 2.48. The molecule has 1 aliphatic heterocycles. The maximum Gasteiger partial charge on any atom is 0.246 e. The van der Waals surface area contributed by atoms with E-state index < -0.39 is 169 Å². The number of likely N-dealkylation sites (N-methyl/N-ethyl adjacent to an activating group) is 2. The predicted molar refractivity (Wildman–Crippen MR) is 317 cm³/mol. The van der Waals surface area contributed by atoms with Gasteiger partial charge < -0.3 is 73.8 Å². The fraction of sp³-hybridized carbons (Fsp3) is 0.483. The van der Waals surface area contributed by atoms with Gasteiger partial charge in [0.25, 0.3) is 0 Å². The number of nitrogens with two attached hydrogens (primary N) is 1. The summed E-state index contributed by atoms with van der Waals surface area (Å²) in [6.45, 7) is 8.55. The number of carbonyl (C=O) groups is 13. The number of hydrogen-bond acceptors (Lipinski definition) is 14. The van der Waals surface area contributed by atoms with E-state index in [0.29, 0.717) is 16.7 Å². The number of hydrogen-bond donors (Lipinski definition) is 12. The second kappa shape index (κ2) is 34.0. The summed E-state index contributed by atoms with van der Waals surface area (Å²) in [5.41, 5.74) is 6.80. The van der Waals surface area contributed by atoms with Crippen LogP contribution < -0.4 is 58.9 Å². The smallest absolute Gasteiger partial charge is 0.246 e. The highest BCUT2D eigenvalue weighted by atomic mass is 16.3. The first kappa shape index (κ1) is 70.2. The minimum absolute atomic E-state index is 0.0532. The molecule has 0 aromatic heterocycles. The zero-order valence-corrected chi connectivity index (χ0v) is 50.5. The first-order valence-electron chi connectivity index (χ1n) is 28.6. The lowest BCUT2D eigenvalue weighted by molar-refractivity contribution is -0.144. The van der Waals surface area contributed by atoms with Crippen LogP contribution in [0, 0.1) is 11.8 Å². The van der Waals surface area contributed by atoms with Crippen molar-refractivity contribution in [1.82, 2.24) is 63.0 Å². The highest BCUT2D eigenvalue weighted by Gasteiger charge is 2.38. The van der Waals surface area contributed by atoms with Crippen LogP contribution in [0.4, 0.5) is 0 Å². The number of primary amides is 1. The van der Waals surface area contributed by atoms with Crippen LogP contribution in [0.5, 0.6) is 0 Å². The summed E-state index contributed by atoms with van der Waals surface area (Å²) in [6, 6.07) is 10.8. The van der Waals surface area contributed by atoms with Crippen LogP contribution in [-0.2, 0) is 81.6 Å². The number of amides is 13. The van der Waals surface area contributed by atoms with Crippen molar-refractivity contribution in [2.45, 2.75) is 141 Å². The topological polar surface area (TPSA) is 395 Å². The number of aliphatic hydroxyl groups is 1. The van der Waals surface area contributed by atoms with Gasteiger partial charge in [-0.15, -0.1) is 0 Å². The van der Waals surface area contributed by atoms with E-state index in [2.05, 4.69) is 53.2 Å². The van der Waals surface area contributed by atoms with Gasteiger partial charge in [-0.05, 0) is 55.7 Å². The molecule has 472 valence electrons. The van der Waals surface area contributed by atoms with E-state index in [1.54, 1.807) is 119 Å². The molecule has 10 atom stereocenters. The van der Waals surface area contributed by atoms with E-state index in [1.165, 1.54) is 27.8 Å². The maximum absolute atomic E-state index is 14.8. The summed E-state index contributed by atoms with van der Waals surface area (Å²) in [5, 5.41) is 35.3. The summed E-state index contributed by atoms with van der Waals surface area (Å²) in [4.78, 5) is 183. The number of benzene rings is 3. The zero-order chi connectivity index (χ0) is 64.7. The largest absolute Gasteiger partial charge is 0.394 e. The van der Waals surface area contributed by atoms with Gasteiger partial charge in [-0.3, -0.25) is 62.3 Å². The third kappa shape index (κ3) is 22.3. The molecule has 1 saturated heterocycles. The monoisotopic (exact) mass is 1210 g/mol. The summed E-state index contributed by atoms with van der Waals surface area (Å²) >= 11 is 0. The molecule has 27 heteroatoms. The Hall–Kier alpha value is -9.27. The first-order valence-corrected chi connectivity index (χ1v) is 28.6. The third-order valence-electron chi connectivity index (χ3n) is 14.3. The van der Waals surface area contributed by atoms with Crippen molar-refractivity contribution in [1.29, 1.82) is 0 Å². The van der Waals surface area contributed by atoms with Crippen molar-refractivity contribution < 1.29 is 67.4 Å². The fourth-order valence-electron chi connectivity index (χ4n) is 9.19. The minimum atomic E-state index is -1.90. The molecule has 4 rings (SSSR count). The number of carbonyl (C=O) groups excluding carboxylic acids is 13. The molecule has 0 spiro atoms. The summed E-state index contributed by atoms with van der Waals surface area (Å²) in [5.74, 6) is -12.6. The van der Waals surface area contributed by atoms with Gasteiger partial charge in [-0.25, -0.2) is 0 Å². The van der Waals surface area contributed by atoms with Gasteiger partial charge in [0.2, 0.25) is 76.8 Å². The molecule has 3 aromatic rings. The molecule has 0 saturated carbocycles. The minimum Gasteiger partial charge on any atom is -0.394 e. The van der Waals surface area contributed by atoms with Crippen LogP contribution in [-0.4, -0.2) is 186 Å². The molecular formula is C60H83N13O14. The van der Waals surface area contributed by atoms with Gasteiger partial charge in [0.05, 0.1) is 26.1 Å². The second-order valence-electron chi connectivity index (χ2n) is 22.2. The molecule has 13 amide bonds. The van der Waals surface area contributed by atoms with Crippen LogP contribution in [0.15, 0.2) is 91.0 Å². The number of rotatable bonds is 17. The van der Waals surface area contributed by atoms with Crippen LogP contribution >= 0.6 is 0 Å². The highest BCUT2D eigenvalue weighted by Crippen LogP contribution is 2.15. The zero-order valence-electron chi connectivity index (χ0n) is 50.5. The Morgan fingerprint density at radius 2 is 1.10 bits per heavy atom. The standard InChI is InChI=1S/C60H83N13O14/c1-33(2)25-41-54(81)64-35(5)51(78)71-50(34(3)4)58(85)68-43(27-39-21-15-11-16-22-39)56(83)69-44(60(87)72(8)37(7)52(79)70-45(32-74)53(80)62-30-47(61)75)29-48(76)66-42(26-38-19-13-10-14-20-38)55(82)65-36(6)59(86)73(9)46(28-40-23-17-12-18-24-40)57(84)63-31-49(77)67-41/h10-24,33-37,41-46,50,74H,25-32H2,1-9H3,(H2,61,75)(H,62,80)(H,63,84)(H,64,81)(H,65,82)(H,66,76)(H,67,77)(H,68,85)(H,69,83)(H,70,79)(H,71,78)/t35-,36-,37-,41-,42-,43-,44+,45-,46-,50-/m0/s1. The normalized spacial score (nSPS) is 22.7. The Labute approximate surface area is 505 Å². The number of nitrogens with one attached hydrogen (secondary N) is 10. The average molecular weight is 1210 g/mol. The lowest BCUT2D eigenvalue weighted by atomic mass is 10.00. The number of aliphatic hydroxyl groups excluding tert-OH is 1. The van der Waals surface area contributed by atoms with E-state index in [-0.39, 0.29) is 31.6 Å². The molecule has 3 aromatic carbocycles. The summed E-state index contributed by atoms with van der Waals surface area (Å²) in [6.07, 6.45) is -1.30. The Bertz CT molecular complexity index is 2920. The first-order chi connectivity index (χ1) is 41.1. The van der Waals surface area contributed by atoms with Crippen molar-refractivity contribution in [3.63, 3.8) is 0 Å². The molecule has 0 aliphatic carbocycles. The van der Waals surface area contributed by atoms with Crippen molar-refractivity contribution in [3.05, 3.63) is 108 Å². The molecule has 13 N–H and O–H groups in total. The van der Waals surface area contributed by atoms with E-state index in [4.69, 9.17) is 5.73 Å². The molecule has 0 unspecified atom stereocenters. The van der Waals surface area contributed by atoms with Gasteiger partial charge in [0.1, 0.15) is 60.4 Å². The van der Waals surface area contributed by atoms with Gasteiger partial charge in [0, 0.05) is 33.4 Å². The molecule has 1 fully saturated rings. The number of nitrogens with zero attached hydrogens (tertiary/aromatic N) is 2. The molecular weight excluding hydrogens is 1130 g/mol. The lowest BCUT2D eigenvalue weighted by Crippen LogP contribution is -2.61. The third-order valence-corrected chi connectivity index (χ3v) is 14.3. The molecule has 1 heterocycles. The van der Waals surface area contributed by atoms with Gasteiger partial charge in [0.15, 0.2) is 0 Å². The van der Waals surface area contributed by atoms with Crippen molar-refractivity contribution in [2.75, 3.05) is 33.8 Å². The molecule has 87 heavy (non-hydrogen) atoms.